The van der Waals surface area contributed by atoms with E-state index in [1.807, 2.05) is 0 Å². The first-order chi connectivity index (χ1) is 10.9. The van der Waals surface area contributed by atoms with Crippen LogP contribution in [0.3, 0.4) is 0 Å². The number of nitrogens with zero attached hydrogens (tertiary/aromatic N) is 2. The molecule has 0 saturated carbocycles. The molecule has 1 aromatic carbocycles. The molecule has 7 heteroatoms. The zero-order chi connectivity index (χ0) is 16.6. The second-order valence-electron chi connectivity index (χ2n) is 5.92. The molecule has 0 fully saturated rings. The maximum absolute atomic E-state index is 12.8. The van der Waals surface area contributed by atoms with Crippen molar-refractivity contribution in [3.63, 3.8) is 0 Å². The van der Waals surface area contributed by atoms with E-state index in [0.29, 0.717) is 12.1 Å². The lowest BCUT2D eigenvalue weighted by Gasteiger charge is -2.26. The number of aromatic nitrogens is 2. The highest BCUT2D eigenvalue weighted by Gasteiger charge is 2.26. The molecular formula is C16H19N3O3S. The van der Waals surface area contributed by atoms with E-state index in [0.717, 1.165) is 24.2 Å². The number of aryl methyl sites for hydroxylation is 1. The van der Waals surface area contributed by atoms with Crippen LogP contribution < -0.4 is 4.90 Å². The molecule has 1 aliphatic heterocycles. The second kappa shape index (κ2) is 5.81. The van der Waals surface area contributed by atoms with E-state index >= 15 is 0 Å². The Balaban J connectivity index is 1.96. The zero-order valence-electron chi connectivity index (χ0n) is 13.1. The van der Waals surface area contributed by atoms with Gasteiger partial charge in [-0.15, -0.1) is 0 Å². The van der Waals surface area contributed by atoms with Gasteiger partial charge in [0.15, 0.2) is 9.84 Å². The molecule has 3 rings (SSSR count). The van der Waals surface area contributed by atoms with Crippen LogP contribution in [0.15, 0.2) is 35.4 Å². The van der Waals surface area contributed by atoms with Gasteiger partial charge in [-0.25, -0.2) is 8.42 Å². The summed E-state index contributed by atoms with van der Waals surface area (Å²) in [6.45, 7) is 3.87. The van der Waals surface area contributed by atoms with Crippen molar-refractivity contribution in [2.45, 2.75) is 36.8 Å². The number of carbonyl (C=O) groups excluding carboxylic acids is 1. The Hall–Kier alpha value is -2.15. The molecule has 0 aliphatic carbocycles. The summed E-state index contributed by atoms with van der Waals surface area (Å²) >= 11 is 0. The minimum atomic E-state index is -3.40. The molecule has 1 aliphatic rings. The molecule has 0 bridgehead atoms. The Labute approximate surface area is 135 Å². The van der Waals surface area contributed by atoms with Gasteiger partial charge in [-0.05, 0) is 44.9 Å². The lowest BCUT2D eigenvalue weighted by atomic mass is 10.1. The molecular weight excluding hydrogens is 314 g/mol. The summed E-state index contributed by atoms with van der Waals surface area (Å²) < 4.78 is 24.6. The quantitative estimate of drug-likeness (QED) is 0.933. The van der Waals surface area contributed by atoms with Crippen LogP contribution in [0.25, 0.3) is 0 Å². The molecule has 1 N–H and O–H groups in total. The minimum absolute atomic E-state index is 0.183. The van der Waals surface area contributed by atoms with Gasteiger partial charge in [0.25, 0.3) is 5.91 Å². The average molecular weight is 333 g/mol. The number of fused-ring (bicyclic) bond motifs is 1. The van der Waals surface area contributed by atoms with Crippen LogP contribution >= 0.6 is 0 Å². The number of hydrogen-bond acceptors (Lipinski definition) is 4. The molecule has 0 saturated heterocycles. The summed E-state index contributed by atoms with van der Waals surface area (Å²) in [6.07, 6.45) is 3.35. The largest absolute Gasteiger partial charge is 0.305 e. The summed E-state index contributed by atoms with van der Waals surface area (Å²) in [6, 6.07) is 6.26. The first-order valence-electron chi connectivity index (χ1n) is 7.59. The number of sulfone groups is 1. The Morgan fingerprint density at radius 1 is 1.35 bits per heavy atom. The topological polar surface area (TPSA) is 83.1 Å². The number of H-pyrrole nitrogens is 1. The van der Waals surface area contributed by atoms with Crippen LogP contribution in [0.1, 0.15) is 36.3 Å². The van der Waals surface area contributed by atoms with E-state index in [2.05, 4.69) is 10.2 Å². The first kappa shape index (κ1) is 15.7. The molecule has 1 amide bonds. The Kier molecular flexibility index (Phi) is 3.97. The van der Waals surface area contributed by atoms with E-state index in [9.17, 15) is 13.2 Å². The summed E-state index contributed by atoms with van der Waals surface area (Å²) in [5, 5.41) is 6.38. The molecule has 2 aromatic rings. The van der Waals surface area contributed by atoms with E-state index in [4.69, 9.17) is 0 Å². The first-order valence-corrected chi connectivity index (χ1v) is 9.14. The van der Waals surface area contributed by atoms with E-state index in [1.165, 1.54) is 12.1 Å². The second-order valence-corrected chi connectivity index (χ2v) is 8.42. The Bertz CT molecular complexity index is 840. The lowest BCUT2D eigenvalue weighted by molar-refractivity contribution is 0.0985. The van der Waals surface area contributed by atoms with Gasteiger partial charge in [0.2, 0.25) is 0 Å². The van der Waals surface area contributed by atoms with Crippen molar-refractivity contribution in [2.75, 3.05) is 11.4 Å². The third-order valence-electron chi connectivity index (χ3n) is 4.07. The van der Waals surface area contributed by atoms with Crippen molar-refractivity contribution >= 4 is 21.4 Å². The molecule has 2 heterocycles. The van der Waals surface area contributed by atoms with Crippen LogP contribution in [0.5, 0.6) is 0 Å². The predicted octanol–water partition coefficient (Wildman–Crippen LogP) is 2.18. The number of carbonyl (C=O) groups is 1. The fourth-order valence-electron chi connectivity index (χ4n) is 2.70. The third kappa shape index (κ3) is 2.76. The van der Waals surface area contributed by atoms with E-state index in [-0.39, 0.29) is 10.8 Å². The highest BCUT2D eigenvalue weighted by molar-refractivity contribution is 7.92. The smallest absolute Gasteiger partial charge is 0.258 e. The van der Waals surface area contributed by atoms with Gasteiger partial charge in [-0.3, -0.25) is 9.89 Å². The molecule has 1 aromatic heterocycles. The molecule has 0 atom stereocenters. The number of hydrogen-bond donors (Lipinski definition) is 1. The van der Waals surface area contributed by atoms with Crippen molar-refractivity contribution in [3.05, 3.63) is 41.7 Å². The van der Waals surface area contributed by atoms with E-state index < -0.39 is 15.1 Å². The predicted molar refractivity (Wildman–Crippen MR) is 87.3 cm³/mol. The fraction of sp³-hybridized carbons (Fsp3) is 0.375. The molecule has 122 valence electrons. The summed E-state index contributed by atoms with van der Waals surface area (Å²) in [5.74, 6) is -0.201. The van der Waals surface area contributed by atoms with Crippen LogP contribution in [-0.2, 0) is 16.3 Å². The van der Waals surface area contributed by atoms with Gasteiger partial charge in [0.1, 0.15) is 0 Å². The number of amides is 1. The van der Waals surface area contributed by atoms with Crippen molar-refractivity contribution in [2.24, 2.45) is 0 Å². The molecule has 23 heavy (non-hydrogen) atoms. The van der Waals surface area contributed by atoms with Gasteiger partial charge in [-0.2, -0.15) is 5.10 Å². The molecule has 0 spiro atoms. The normalized spacial score (nSPS) is 14.8. The summed E-state index contributed by atoms with van der Waals surface area (Å²) in [5.41, 5.74) is 2.09. The fourth-order valence-corrected chi connectivity index (χ4v) is 3.81. The maximum Gasteiger partial charge on any atom is 0.258 e. The Morgan fingerprint density at radius 2 is 2.13 bits per heavy atom. The minimum Gasteiger partial charge on any atom is -0.305 e. The Morgan fingerprint density at radius 3 is 2.87 bits per heavy atom. The van der Waals surface area contributed by atoms with Gasteiger partial charge < -0.3 is 4.90 Å². The lowest BCUT2D eigenvalue weighted by Crippen LogP contribution is -2.35. The van der Waals surface area contributed by atoms with Gasteiger partial charge in [0, 0.05) is 12.1 Å². The standard InChI is InChI=1S/C16H19N3O3S/c1-11(2)23(21,22)13-6-3-5-12(9-13)16(20)19-8-4-7-14-15(19)10-17-18-14/h3,5-6,9-11H,4,7-8H2,1-2H3,(H,17,18). The van der Waals surface area contributed by atoms with Crippen LogP contribution in [0.2, 0.25) is 0 Å². The van der Waals surface area contributed by atoms with Crippen molar-refractivity contribution < 1.29 is 13.2 Å². The van der Waals surface area contributed by atoms with Crippen LogP contribution in [0.4, 0.5) is 5.69 Å². The van der Waals surface area contributed by atoms with E-state index in [1.54, 1.807) is 37.1 Å². The summed E-state index contributed by atoms with van der Waals surface area (Å²) in [7, 11) is -3.40. The zero-order valence-corrected chi connectivity index (χ0v) is 13.9. The highest BCUT2D eigenvalue weighted by Crippen LogP contribution is 2.27. The number of rotatable bonds is 3. The summed E-state index contributed by atoms with van der Waals surface area (Å²) in [4.78, 5) is 14.6. The van der Waals surface area contributed by atoms with Crippen LogP contribution in [-0.4, -0.2) is 36.3 Å². The van der Waals surface area contributed by atoms with Crippen molar-refractivity contribution in [3.8, 4) is 0 Å². The van der Waals surface area contributed by atoms with Gasteiger partial charge in [-0.1, -0.05) is 6.07 Å². The number of anilines is 1. The molecule has 6 nitrogen and oxygen atoms in total. The number of aromatic amines is 1. The third-order valence-corrected chi connectivity index (χ3v) is 6.22. The monoisotopic (exact) mass is 333 g/mol. The van der Waals surface area contributed by atoms with Crippen molar-refractivity contribution in [1.82, 2.24) is 10.2 Å². The molecule has 0 radical (unpaired) electrons. The maximum atomic E-state index is 12.8. The average Bonchev–Trinajstić information content (AvgIpc) is 3.02. The number of nitrogens with one attached hydrogen (secondary N) is 1. The van der Waals surface area contributed by atoms with Gasteiger partial charge in [0.05, 0.1) is 27.7 Å². The van der Waals surface area contributed by atoms with Crippen LogP contribution in [0, 0.1) is 0 Å². The highest BCUT2D eigenvalue weighted by atomic mass is 32.2. The number of benzene rings is 1. The van der Waals surface area contributed by atoms with Crippen molar-refractivity contribution in [1.29, 1.82) is 0 Å². The SMILES string of the molecule is CC(C)S(=O)(=O)c1cccc(C(=O)N2CCCc3[nH]ncc32)c1. The molecule has 0 unspecified atom stereocenters. The van der Waals surface area contributed by atoms with Gasteiger partial charge >= 0.3 is 0 Å².